The Morgan fingerprint density at radius 2 is 1.38 bits per heavy atom. The molecule has 0 spiro atoms. The summed E-state index contributed by atoms with van der Waals surface area (Å²) in [5.41, 5.74) is 5.59. The molecule has 5 aromatic rings. The van der Waals surface area contributed by atoms with Crippen LogP contribution in [0.3, 0.4) is 0 Å². The van der Waals surface area contributed by atoms with Crippen molar-refractivity contribution in [2.45, 2.75) is 82.2 Å². The van der Waals surface area contributed by atoms with Crippen LogP contribution in [0.4, 0.5) is 9.59 Å². The summed E-state index contributed by atoms with van der Waals surface area (Å²) in [5.74, 6) is 0.929. The summed E-state index contributed by atoms with van der Waals surface area (Å²) in [4.78, 5) is 72.4. The van der Waals surface area contributed by atoms with E-state index in [1.54, 1.807) is 24.9 Å². The molecule has 2 fully saturated rings. The van der Waals surface area contributed by atoms with E-state index >= 15 is 0 Å². The maximum Gasteiger partial charge on any atom is 0.407 e. The Morgan fingerprint density at radius 1 is 0.767 bits per heavy atom. The lowest BCUT2D eigenvalue weighted by Gasteiger charge is -2.31. The van der Waals surface area contributed by atoms with Crippen molar-refractivity contribution in [2.24, 2.45) is 0 Å². The summed E-state index contributed by atoms with van der Waals surface area (Å²) in [6.45, 7) is 8.55. The SMILES string of the molecule is COC(=O)NC(C(=O)N1C[Si](C)(C)C[C@@H]1c1nc2c(ccc3cc(-c4ccc(-c5cnc([C@H]6CCCN6C(=O)[C@H](NC(=O)OC)[C@@H](C)OC)[nH]5)cc4)ccc32)[nH]1)[C@@H](C)OC. The second kappa shape index (κ2) is 17.4. The summed E-state index contributed by atoms with van der Waals surface area (Å²) >= 11 is 0. The third-order valence-corrected chi connectivity index (χ3v) is 14.6. The molecule has 17 heteroatoms. The molecule has 4 amide bonds. The molecule has 1 unspecified atom stereocenters. The summed E-state index contributed by atoms with van der Waals surface area (Å²) in [6, 6.07) is 17.2. The van der Waals surface area contributed by atoms with E-state index in [4.69, 9.17) is 23.9 Å². The predicted molar refractivity (Wildman–Crippen MR) is 229 cm³/mol. The van der Waals surface area contributed by atoms with Gasteiger partial charge in [0.05, 0.1) is 69.5 Å². The van der Waals surface area contributed by atoms with Crippen molar-refractivity contribution in [1.82, 2.24) is 40.4 Å². The number of aromatic nitrogens is 4. The molecule has 4 N–H and O–H groups in total. The second-order valence-corrected chi connectivity index (χ2v) is 21.5. The average Bonchev–Trinajstić information content (AvgIpc) is 4.09. The number of amides is 4. The molecule has 2 saturated heterocycles. The quantitative estimate of drug-likeness (QED) is 0.107. The topological polar surface area (TPSA) is 193 Å². The van der Waals surface area contributed by atoms with Gasteiger partial charge in [-0.1, -0.05) is 55.6 Å². The smallest absolute Gasteiger partial charge is 0.407 e. The van der Waals surface area contributed by atoms with E-state index in [2.05, 4.69) is 75.1 Å². The van der Waals surface area contributed by atoms with Crippen LogP contribution in [0.5, 0.6) is 0 Å². The number of fused-ring (bicyclic) bond motifs is 3. The van der Waals surface area contributed by atoms with E-state index < -0.39 is 44.6 Å². The fraction of sp³-hybridized carbons (Fsp3) is 0.442. The third kappa shape index (κ3) is 8.46. The Kier molecular flexibility index (Phi) is 12.3. The van der Waals surface area contributed by atoms with E-state index in [9.17, 15) is 19.2 Å². The molecule has 0 saturated carbocycles. The number of aromatic amines is 2. The van der Waals surface area contributed by atoms with Crippen molar-refractivity contribution in [3.8, 4) is 22.4 Å². The number of likely N-dealkylation sites (tertiary alicyclic amines) is 1. The van der Waals surface area contributed by atoms with Gasteiger partial charge in [0.25, 0.3) is 0 Å². The summed E-state index contributed by atoms with van der Waals surface area (Å²) in [7, 11) is 3.71. The Hall–Kier alpha value is -5.78. The minimum absolute atomic E-state index is 0.225. The van der Waals surface area contributed by atoms with E-state index in [-0.39, 0.29) is 23.9 Å². The van der Waals surface area contributed by atoms with Crippen molar-refractivity contribution in [3.05, 3.63) is 72.4 Å². The van der Waals surface area contributed by atoms with Crippen LogP contribution >= 0.6 is 0 Å². The van der Waals surface area contributed by atoms with Crippen molar-refractivity contribution in [1.29, 1.82) is 0 Å². The number of imidazole rings is 2. The Labute approximate surface area is 349 Å². The van der Waals surface area contributed by atoms with Gasteiger partial charge in [0.2, 0.25) is 11.8 Å². The number of hydrogen-bond acceptors (Lipinski definition) is 10. The molecule has 0 bridgehead atoms. The minimum atomic E-state index is -1.83. The first-order chi connectivity index (χ1) is 28.7. The van der Waals surface area contributed by atoms with Gasteiger partial charge in [-0.15, -0.1) is 0 Å². The predicted octanol–water partition coefficient (Wildman–Crippen LogP) is 6.09. The highest BCUT2D eigenvalue weighted by Crippen LogP contribution is 2.39. The number of H-pyrrole nitrogens is 2. The molecular formula is C43H54N8O8Si. The average molecular weight is 839 g/mol. The number of nitrogens with one attached hydrogen (secondary N) is 4. The van der Waals surface area contributed by atoms with Crippen LogP contribution in [0.25, 0.3) is 44.2 Å². The van der Waals surface area contributed by atoms with Gasteiger partial charge in [0.1, 0.15) is 23.7 Å². The van der Waals surface area contributed by atoms with Crippen LogP contribution in [-0.4, -0.2) is 127 Å². The standard InChI is InChI=1S/C43H54N8O8Si/c1-24(56-3)35(48-42(54)58-5)40(52)50-19-9-10-33(50)38-44-21-32(46-38)27-13-11-26(12-14-27)28-15-17-30-29(20-28)16-18-31-37(30)47-39(45-31)34-22-60(7,8)23-51(34)41(53)36(25(2)57-4)49-43(55)59-6/h11-18,20-21,24-25,33-36H,9-10,19,22-23H2,1-8H3,(H,44,46)(H,45,47)(H,48,54)(H,49,55)/t24-,25-,33-,34-,35-,36?/m1/s1. The first kappa shape index (κ1) is 42.3. The van der Waals surface area contributed by atoms with Crippen LogP contribution in [0.1, 0.15) is 50.4 Å². The summed E-state index contributed by atoms with van der Waals surface area (Å²) in [6.07, 6.45) is 1.44. The number of methoxy groups -OCH3 is 4. The molecular weight excluding hydrogens is 785 g/mol. The van der Waals surface area contributed by atoms with Gasteiger partial charge in [-0.3, -0.25) is 9.59 Å². The molecule has 0 aliphatic carbocycles. The summed E-state index contributed by atoms with van der Waals surface area (Å²) < 4.78 is 20.5. The van der Waals surface area contributed by atoms with Gasteiger partial charge in [-0.05, 0) is 66.9 Å². The highest BCUT2D eigenvalue weighted by molar-refractivity contribution is 6.78. The van der Waals surface area contributed by atoms with Crippen molar-refractivity contribution >= 4 is 53.9 Å². The molecule has 2 aromatic heterocycles. The molecule has 3 aromatic carbocycles. The summed E-state index contributed by atoms with van der Waals surface area (Å²) in [5, 5.41) is 7.33. The Morgan fingerprint density at radius 3 is 2.02 bits per heavy atom. The maximum atomic E-state index is 14.1. The zero-order valence-electron chi connectivity index (χ0n) is 35.3. The number of ether oxygens (including phenoxy) is 4. The Balaban J connectivity index is 1.09. The van der Waals surface area contributed by atoms with Gasteiger partial charge in [0.15, 0.2) is 0 Å². The van der Waals surface area contributed by atoms with Crippen molar-refractivity contribution in [2.75, 3.05) is 41.2 Å². The third-order valence-electron chi connectivity index (χ3n) is 11.9. The number of carbonyl (C=O) groups excluding carboxylic acids is 4. The fourth-order valence-corrected chi connectivity index (χ4v) is 11.4. The molecule has 6 atom stereocenters. The molecule has 16 nitrogen and oxygen atoms in total. The number of nitrogens with zero attached hydrogens (tertiary/aromatic N) is 4. The molecule has 60 heavy (non-hydrogen) atoms. The van der Waals surface area contributed by atoms with Gasteiger partial charge >= 0.3 is 12.2 Å². The highest BCUT2D eigenvalue weighted by atomic mass is 28.3. The number of alkyl carbamates (subject to hydrolysis) is 2. The minimum Gasteiger partial charge on any atom is -0.453 e. The van der Waals surface area contributed by atoms with Gasteiger partial charge in [-0.25, -0.2) is 19.6 Å². The maximum absolute atomic E-state index is 14.1. The lowest BCUT2D eigenvalue weighted by atomic mass is 9.99. The van der Waals surface area contributed by atoms with Crippen molar-refractivity contribution in [3.63, 3.8) is 0 Å². The Bertz CT molecular complexity index is 2380. The molecule has 7 rings (SSSR count). The first-order valence-electron chi connectivity index (χ1n) is 20.2. The molecule has 2 aliphatic heterocycles. The lowest BCUT2D eigenvalue weighted by molar-refractivity contribution is -0.138. The highest BCUT2D eigenvalue weighted by Gasteiger charge is 2.46. The number of rotatable bonds is 12. The van der Waals surface area contributed by atoms with Crippen LogP contribution in [-0.2, 0) is 28.5 Å². The van der Waals surface area contributed by atoms with Crippen molar-refractivity contribution < 1.29 is 38.1 Å². The van der Waals surface area contributed by atoms with Gasteiger partial charge < -0.3 is 49.3 Å². The van der Waals surface area contributed by atoms with Crippen LogP contribution in [0, 0.1) is 0 Å². The number of hydrogen-bond donors (Lipinski definition) is 4. The molecule has 4 heterocycles. The fourth-order valence-electron chi connectivity index (χ4n) is 8.47. The number of benzene rings is 3. The molecule has 0 radical (unpaired) electrons. The number of carbonyl (C=O) groups is 4. The first-order valence-corrected chi connectivity index (χ1v) is 23.6. The van der Waals surface area contributed by atoms with Crippen LogP contribution < -0.4 is 10.6 Å². The van der Waals surface area contributed by atoms with E-state index in [1.165, 1.54) is 28.4 Å². The van der Waals surface area contributed by atoms with Crippen LogP contribution in [0.2, 0.25) is 19.1 Å². The van der Waals surface area contributed by atoms with E-state index in [0.29, 0.717) is 18.5 Å². The molecule has 318 valence electrons. The van der Waals surface area contributed by atoms with Gasteiger partial charge in [0, 0.05) is 32.3 Å². The second-order valence-electron chi connectivity index (χ2n) is 16.4. The lowest BCUT2D eigenvalue weighted by Crippen LogP contribution is -2.54. The van der Waals surface area contributed by atoms with Crippen LogP contribution in [0.15, 0.2) is 60.8 Å². The monoisotopic (exact) mass is 838 g/mol. The normalized spacial score (nSPS) is 19.5. The largest absolute Gasteiger partial charge is 0.453 e. The zero-order valence-corrected chi connectivity index (χ0v) is 36.3. The molecule has 2 aliphatic rings. The van der Waals surface area contributed by atoms with E-state index in [1.807, 2.05) is 23.1 Å². The van der Waals surface area contributed by atoms with E-state index in [0.717, 1.165) is 68.9 Å². The zero-order chi connectivity index (χ0) is 42.9. The van der Waals surface area contributed by atoms with Gasteiger partial charge in [-0.2, -0.15) is 0 Å².